The summed E-state index contributed by atoms with van der Waals surface area (Å²) in [6.07, 6.45) is 3.18. The van der Waals surface area contributed by atoms with Crippen LogP contribution in [-0.4, -0.2) is 20.4 Å². The van der Waals surface area contributed by atoms with E-state index in [2.05, 4.69) is 19.2 Å². The quantitative estimate of drug-likeness (QED) is 0.866. The van der Waals surface area contributed by atoms with Crippen molar-refractivity contribution < 1.29 is 13.2 Å². The Morgan fingerprint density at radius 1 is 1.10 bits per heavy atom. The van der Waals surface area contributed by atoms with Crippen molar-refractivity contribution in [3.05, 3.63) is 29.8 Å². The van der Waals surface area contributed by atoms with E-state index in [1.807, 2.05) is 0 Å². The van der Waals surface area contributed by atoms with E-state index in [9.17, 15) is 13.2 Å². The van der Waals surface area contributed by atoms with Crippen LogP contribution in [0.4, 0.5) is 0 Å². The lowest BCUT2D eigenvalue weighted by Gasteiger charge is -2.32. The molecule has 0 saturated heterocycles. The number of benzene rings is 1. The summed E-state index contributed by atoms with van der Waals surface area (Å²) in [6.45, 7) is 4.41. The fourth-order valence-corrected chi connectivity index (χ4v) is 3.87. The van der Waals surface area contributed by atoms with Gasteiger partial charge in [0.25, 0.3) is 15.0 Å². The number of hydrogen-bond acceptors (Lipinski definition) is 3. The highest BCUT2D eigenvalue weighted by Crippen LogP contribution is 2.28. The lowest BCUT2D eigenvalue weighted by molar-refractivity contribution is 0.0911. The van der Waals surface area contributed by atoms with Gasteiger partial charge >= 0.3 is 0 Å². The molecule has 0 radical (unpaired) electrons. The molecule has 2 atom stereocenters. The molecule has 1 amide bonds. The van der Waals surface area contributed by atoms with Crippen LogP contribution in [0.2, 0.25) is 0 Å². The van der Waals surface area contributed by atoms with Crippen molar-refractivity contribution in [2.45, 2.75) is 44.0 Å². The largest absolute Gasteiger partial charge is 0.349 e. The first kappa shape index (κ1) is 16.3. The molecule has 0 bridgehead atoms. The van der Waals surface area contributed by atoms with Crippen LogP contribution in [0, 0.1) is 11.8 Å². The summed E-state index contributed by atoms with van der Waals surface area (Å²) in [5.41, 5.74) is 0.449. The topological polar surface area (TPSA) is 63.2 Å². The Labute approximate surface area is 130 Å². The van der Waals surface area contributed by atoms with E-state index in [0.29, 0.717) is 17.4 Å². The van der Waals surface area contributed by atoms with E-state index in [-0.39, 0.29) is 16.8 Å². The average Bonchev–Trinajstić information content (AvgIpc) is 2.36. The van der Waals surface area contributed by atoms with Gasteiger partial charge in [0.2, 0.25) is 0 Å². The predicted octanol–water partition coefficient (Wildman–Crippen LogP) is 3.17. The smallest absolute Gasteiger partial charge is 0.261 e. The van der Waals surface area contributed by atoms with Crippen molar-refractivity contribution in [1.82, 2.24) is 5.32 Å². The van der Waals surface area contributed by atoms with E-state index in [1.54, 1.807) is 0 Å². The summed E-state index contributed by atoms with van der Waals surface area (Å²) in [5, 5.41) is 3.03. The molecular formula is C15H20ClNO3S. The Morgan fingerprint density at radius 2 is 1.62 bits per heavy atom. The zero-order valence-electron chi connectivity index (χ0n) is 12.2. The van der Waals surface area contributed by atoms with Gasteiger partial charge in [-0.2, -0.15) is 0 Å². The zero-order chi connectivity index (χ0) is 15.6. The van der Waals surface area contributed by atoms with Crippen molar-refractivity contribution in [2.75, 3.05) is 0 Å². The Balaban J connectivity index is 2.03. The fourth-order valence-electron chi connectivity index (χ4n) is 3.10. The Morgan fingerprint density at radius 3 is 2.10 bits per heavy atom. The summed E-state index contributed by atoms with van der Waals surface area (Å²) in [7, 11) is 1.50. The van der Waals surface area contributed by atoms with Gasteiger partial charge in [-0.15, -0.1) is 0 Å². The number of nitrogens with one attached hydrogen (secondary N) is 1. The molecule has 0 aliphatic heterocycles. The first-order valence-electron chi connectivity index (χ1n) is 7.11. The molecule has 116 valence electrons. The van der Waals surface area contributed by atoms with Crippen LogP contribution in [0.25, 0.3) is 0 Å². The molecule has 1 aromatic carbocycles. The second kappa shape index (κ2) is 6.36. The molecule has 0 spiro atoms. The lowest BCUT2D eigenvalue weighted by Crippen LogP contribution is -2.40. The van der Waals surface area contributed by atoms with E-state index in [0.717, 1.165) is 12.8 Å². The van der Waals surface area contributed by atoms with E-state index in [1.165, 1.54) is 30.7 Å². The van der Waals surface area contributed by atoms with Crippen molar-refractivity contribution in [3.63, 3.8) is 0 Å². The minimum absolute atomic E-state index is 0.000581. The lowest BCUT2D eigenvalue weighted by atomic mass is 9.80. The third-order valence-corrected chi connectivity index (χ3v) is 5.28. The van der Waals surface area contributed by atoms with Crippen molar-refractivity contribution in [2.24, 2.45) is 11.8 Å². The van der Waals surface area contributed by atoms with Crippen molar-refractivity contribution in [1.29, 1.82) is 0 Å². The molecule has 21 heavy (non-hydrogen) atoms. The van der Waals surface area contributed by atoms with Crippen molar-refractivity contribution in [3.8, 4) is 0 Å². The zero-order valence-corrected chi connectivity index (χ0v) is 13.7. The number of rotatable bonds is 3. The van der Waals surface area contributed by atoms with Gasteiger partial charge in [0, 0.05) is 22.3 Å². The first-order valence-corrected chi connectivity index (χ1v) is 9.42. The number of hydrogen-bond donors (Lipinski definition) is 1. The normalized spacial score (nSPS) is 26.3. The summed E-state index contributed by atoms with van der Waals surface area (Å²) in [5.74, 6) is 1.06. The van der Waals surface area contributed by atoms with E-state index in [4.69, 9.17) is 10.7 Å². The molecule has 2 rings (SSSR count). The Hall–Kier alpha value is -1.07. The summed E-state index contributed by atoms with van der Waals surface area (Å²) >= 11 is 0. The van der Waals surface area contributed by atoms with Gasteiger partial charge in [-0.1, -0.05) is 13.8 Å². The first-order chi connectivity index (χ1) is 9.75. The van der Waals surface area contributed by atoms with Crippen LogP contribution in [0.15, 0.2) is 29.2 Å². The van der Waals surface area contributed by atoms with Gasteiger partial charge in [-0.25, -0.2) is 8.42 Å². The fraction of sp³-hybridized carbons (Fsp3) is 0.533. The van der Waals surface area contributed by atoms with Gasteiger partial charge in [0.15, 0.2) is 0 Å². The number of amides is 1. The molecule has 1 aliphatic rings. The maximum Gasteiger partial charge on any atom is 0.261 e. The standard InChI is InChI=1S/C15H20ClNO3S/c1-10-7-11(2)9-13(8-10)17-15(18)12-3-5-14(6-4-12)21(16,19)20/h3-6,10-11,13H,7-9H2,1-2H3,(H,17,18). The number of carbonyl (C=O) groups is 1. The molecule has 6 heteroatoms. The summed E-state index contributed by atoms with van der Waals surface area (Å²) < 4.78 is 22.3. The molecule has 0 aromatic heterocycles. The summed E-state index contributed by atoms with van der Waals surface area (Å²) in [4.78, 5) is 12.2. The molecule has 1 fully saturated rings. The van der Waals surface area contributed by atoms with Gasteiger partial charge in [-0.05, 0) is 55.4 Å². The molecular weight excluding hydrogens is 310 g/mol. The molecule has 1 aliphatic carbocycles. The molecule has 1 aromatic rings. The minimum atomic E-state index is -3.75. The highest BCUT2D eigenvalue weighted by Gasteiger charge is 2.25. The van der Waals surface area contributed by atoms with Crippen LogP contribution in [0.1, 0.15) is 43.5 Å². The monoisotopic (exact) mass is 329 g/mol. The van der Waals surface area contributed by atoms with E-state index < -0.39 is 9.05 Å². The highest BCUT2D eigenvalue weighted by molar-refractivity contribution is 8.13. The number of halogens is 1. The molecule has 2 unspecified atom stereocenters. The minimum Gasteiger partial charge on any atom is -0.349 e. The molecule has 4 nitrogen and oxygen atoms in total. The Bertz CT molecular complexity index is 602. The van der Waals surface area contributed by atoms with Crippen molar-refractivity contribution >= 4 is 25.6 Å². The van der Waals surface area contributed by atoms with Gasteiger partial charge < -0.3 is 5.32 Å². The third kappa shape index (κ3) is 4.45. The van der Waals surface area contributed by atoms with Gasteiger partial charge in [0.05, 0.1) is 4.90 Å². The maximum atomic E-state index is 12.2. The predicted molar refractivity (Wildman–Crippen MR) is 82.9 cm³/mol. The van der Waals surface area contributed by atoms with Gasteiger partial charge in [0.1, 0.15) is 0 Å². The maximum absolute atomic E-state index is 12.2. The molecule has 1 N–H and O–H groups in total. The average molecular weight is 330 g/mol. The SMILES string of the molecule is CC1CC(C)CC(NC(=O)c2ccc(S(=O)(=O)Cl)cc2)C1. The second-order valence-corrected chi connectivity index (χ2v) is 8.62. The molecule has 0 heterocycles. The Kier molecular flexibility index (Phi) is 4.94. The van der Waals surface area contributed by atoms with Crippen LogP contribution >= 0.6 is 10.7 Å². The number of carbonyl (C=O) groups excluding carboxylic acids is 1. The van der Waals surface area contributed by atoms with Crippen LogP contribution in [0.3, 0.4) is 0 Å². The third-order valence-electron chi connectivity index (χ3n) is 3.91. The van der Waals surface area contributed by atoms with E-state index >= 15 is 0 Å². The highest BCUT2D eigenvalue weighted by atomic mass is 35.7. The van der Waals surface area contributed by atoms with Crippen LogP contribution in [-0.2, 0) is 9.05 Å². The van der Waals surface area contributed by atoms with Crippen LogP contribution in [0.5, 0.6) is 0 Å². The van der Waals surface area contributed by atoms with Crippen LogP contribution < -0.4 is 5.32 Å². The summed E-state index contributed by atoms with van der Waals surface area (Å²) in [6, 6.07) is 5.86. The molecule has 1 saturated carbocycles. The van der Waals surface area contributed by atoms with Gasteiger partial charge in [-0.3, -0.25) is 4.79 Å². The second-order valence-electron chi connectivity index (χ2n) is 6.05.